The Balaban J connectivity index is 1.53. The highest BCUT2D eigenvalue weighted by Crippen LogP contribution is 2.32. The van der Waals surface area contributed by atoms with Gasteiger partial charge in [0.15, 0.2) is 0 Å². The molecule has 3 heterocycles. The van der Waals surface area contributed by atoms with E-state index >= 15 is 0 Å². The maximum atomic E-state index is 12.8. The van der Waals surface area contributed by atoms with Crippen molar-refractivity contribution in [3.63, 3.8) is 0 Å². The summed E-state index contributed by atoms with van der Waals surface area (Å²) in [6.45, 7) is 7.94. The minimum Gasteiger partial charge on any atom is -0.447 e. The highest BCUT2D eigenvalue weighted by molar-refractivity contribution is 5.80. The molecule has 3 aliphatic heterocycles. The van der Waals surface area contributed by atoms with Crippen LogP contribution in [-0.2, 0) is 9.53 Å². The van der Waals surface area contributed by atoms with Crippen LogP contribution < -0.4 is 5.32 Å². The quantitative estimate of drug-likeness (QED) is 0.835. The molecule has 2 atom stereocenters. The molecule has 0 aromatic carbocycles. The number of carbonyl (C=O) groups is 2. The molecule has 0 aromatic heterocycles. The van der Waals surface area contributed by atoms with Gasteiger partial charge in [0.05, 0.1) is 6.10 Å². The van der Waals surface area contributed by atoms with Crippen molar-refractivity contribution in [3.8, 4) is 0 Å². The number of nitrogens with one attached hydrogen (secondary N) is 1. The zero-order valence-electron chi connectivity index (χ0n) is 14.3. The minimum atomic E-state index is -0.221. The number of amides is 2. The van der Waals surface area contributed by atoms with Crippen molar-refractivity contribution >= 4 is 12.0 Å². The summed E-state index contributed by atoms with van der Waals surface area (Å²) in [5.74, 6) is 1.09. The van der Waals surface area contributed by atoms with Crippen LogP contribution in [0.1, 0.15) is 39.5 Å². The zero-order valence-corrected chi connectivity index (χ0v) is 14.3. The first-order chi connectivity index (χ1) is 11.1. The second-order valence-corrected chi connectivity index (χ2v) is 7.33. The first kappa shape index (κ1) is 16.6. The molecule has 3 saturated heterocycles. The third-order valence-electron chi connectivity index (χ3n) is 5.45. The van der Waals surface area contributed by atoms with Crippen molar-refractivity contribution in [1.82, 2.24) is 15.1 Å². The normalized spacial score (nSPS) is 29.6. The predicted molar refractivity (Wildman–Crippen MR) is 87.0 cm³/mol. The van der Waals surface area contributed by atoms with E-state index in [1.807, 2.05) is 13.8 Å². The minimum absolute atomic E-state index is 0.0826. The fraction of sp³-hybridized carbons (Fsp3) is 0.882. The van der Waals surface area contributed by atoms with Crippen LogP contribution in [-0.4, -0.2) is 66.7 Å². The van der Waals surface area contributed by atoms with Gasteiger partial charge in [-0.3, -0.25) is 4.79 Å². The van der Waals surface area contributed by atoms with Crippen LogP contribution >= 0.6 is 0 Å². The Labute approximate surface area is 138 Å². The molecular formula is C17H29N3O3. The lowest BCUT2D eigenvalue weighted by molar-refractivity contribution is -0.146. The molecular weight excluding hydrogens is 294 g/mol. The van der Waals surface area contributed by atoms with Crippen LogP contribution in [0.5, 0.6) is 0 Å². The molecule has 6 nitrogen and oxygen atoms in total. The van der Waals surface area contributed by atoms with Crippen LogP contribution in [0.25, 0.3) is 0 Å². The average Bonchev–Trinajstić information content (AvgIpc) is 2.55. The highest BCUT2D eigenvalue weighted by atomic mass is 16.6. The molecule has 130 valence electrons. The van der Waals surface area contributed by atoms with Crippen molar-refractivity contribution in [3.05, 3.63) is 0 Å². The second kappa shape index (κ2) is 7.07. The van der Waals surface area contributed by atoms with Gasteiger partial charge in [0.25, 0.3) is 0 Å². The molecule has 0 aliphatic carbocycles. The summed E-state index contributed by atoms with van der Waals surface area (Å²) in [5.41, 5.74) is 0. The number of carbonyl (C=O) groups excluding carboxylic acids is 2. The third kappa shape index (κ3) is 3.62. The molecule has 0 radical (unpaired) electrons. The smallest absolute Gasteiger partial charge is 0.410 e. The number of ether oxygens (including phenoxy) is 1. The molecule has 6 heteroatoms. The van der Waals surface area contributed by atoms with E-state index in [1.54, 1.807) is 4.90 Å². The number of hydrogen-bond donors (Lipinski definition) is 1. The number of likely N-dealkylation sites (tertiary alicyclic amines) is 2. The zero-order chi connectivity index (χ0) is 16.4. The van der Waals surface area contributed by atoms with Crippen molar-refractivity contribution in [2.45, 2.75) is 51.7 Å². The summed E-state index contributed by atoms with van der Waals surface area (Å²) in [5, 5.41) is 3.40. The van der Waals surface area contributed by atoms with E-state index in [4.69, 9.17) is 4.74 Å². The van der Waals surface area contributed by atoms with Gasteiger partial charge in [0.1, 0.15) is 0 Å². The average molecular weight is 323 g/mol. The molecule has 23 heavy (non-hydrogen) atoms. The van der Waals surface area contributed by atoms with Gasteiger partial charge in [-0.05, 0) is 58.5 Å². The molecule has 0 aromatic rings. The number of rotatable bonds is 2. The highest BCUT2D eigenvalue weighted by Gasteiger charge is 2.41. The summed E-state index contributed by atoms with van der Waals surface area (Å²) in [4.78, 5) is 28.7. The topological polar surface area (TPSA) is 61.9 Å². The van der Waals surface area contributed by atoms with Crippen molar-refractivity contribution in [1.29, 1.82) is 0 Å². The summed E-state index contributed by atoms with van der Waals surface area (Å²) < 4.78 is 5.26. The van der Waals surface area contributed by atoms with Crippen LogP contribution in [0.2, 0.25) is 0 Å². The fourth-order valence-electron chi connectivity index (χ4n) is 4.18. The molecule has 1 N–H and O–H groups in total. The Bertz CT molecular complexity index is 446. The van der Waals surface area contributed by atoms with E-state index in [2.05, 4.69) is 10.2 Å². The van der Waals surface area contributed by atoms with Crippen molar-refractivity contribution in [2.24, 2.45) is 11.8 Å². The lowest BCUT2D eigenvalue weighted by Gasteiger charge is -2.45. The summed E-state index contributed by atoms with van der Waals surface area (Å²) >= 11 is 0. The first-order valence-electron chi connectivity index (χ1n) is 9.03. The molecule has 2 unspecified atom stereocenters. The van der Waals surface area contributed by atoms with Gasteiger partial charge in [0.2, 0.25) is 5.91 Å². The summed E-state index contributed by atoms with van der Waals surface area (Å²) in [6, 6.07) is 0.293. The van der Waals surface area contributed by atoms with E-state index in [1.165, 1.54) is 0 Å². The van der Waals surface area contributed by atoms with Gasteiger partial charge in [-0.15, -0.1) is 0 Å². The standard InChI is InChI=1S/C17H29N3O3/c1-12(2)23-17(22)19-8-5-14(6-9-19)20-10-4-13-11-18-7-3-15(13)16(20)21/h12-15,18H,3-11H2,1-2H3. The summed E-state index contributed by atoms with van der Waals surface area (Å²) in [7, 11) is 0. The van der Waals surface area contributed by atoms with Crippen LogP contribution in [0.4, 0.5) is 4.79 Å². The number of fused-ring (bicyclic) bond motifs is 1. The van der Waals surface area contributed by atoms with E-state index in [9.17, 15) is 9.59 Å². The van der Waals surface area contributed by atoms with Crippen molar-refractivity contribution < 1.29 is 14.3 Å². The monoisotopic (exact) mass is 323 g/mol. The Morgan fingerprint density at radius 1 is 1.17 bits per heavy atom. The number of nitrogens with zero attached hydrogens (tertiary/aromatic N) is 2. The van der Waals surface area contributed by atoms with Crippen LogP contribution in [0, 0.1) is 11.8 Å². The molecule has 0 saturated carbocycles. The van der Waals surface area contributed by atoms with Crippen LogP contribution in [0.15, 0.2) is 0 Å². The maximum Gasteiger partial charge on any atom is 0.410 e. The summed E-state index contributed by atoms with van der Waals surface area (Å²) in [6.07, 6.45) is 3.52. The number of hydrogen-bond acceptors (Lipinski definition) is 4. The van der Waals surface area contributed by atoms with E-state index in [-0.39, 0.29) is 18.1 Å². The van der Waals surface area contributed by atoms with Gasteiger partial charge in [-0.2, -0.15) is 0 Å². The van der Waals surface area contributed by atoms with Crippen molar-refractivity contribution in [2.75, 3.05) is 32.7 Å². The number of piperidine rings is 3. The molecule has 3 rings (SSSR count). The van der Waals surface area contributed by atoms with Gasteiger partial charge in [-0.1, -0.05) is 0 Å². The molecule has 0 bridgehead atoms. The molecule has 0 spiro atoms. The SMILES string of the molecule is CC(C)OC(=O)N1CCC(N2CCC3CNCCC3C2=O)CC1. The molecule has 2 amide bonds. The molecule has 3 aliphatic rings. The van der Waals surface area contributed by atoms with Crippen LogP contribution in [0.3, 0.4) is 0 Å². The predicted octanol–water partition coefficient (Wildman–Crippen LogP) is 1.45. The lowest BCUT2D eigenvalue weighted by Crippen LogP contribution is -2.56. The Morgan fingerprint density at radius 2 is 1.91 bits per heavy atom. The molecule has 3 fully saturated rings. The fourth-order valence-corrected chi connectivity index (χ4v) is 4.18. The van der Waals surface area contributed by atoms with Gasteiger partial charge < -0.3 is 19.9 Å². The van der Waals surface area contributed by atoms with E-state index < -0.39 is 0 Å². The second-order valence-electron chi connectivity index (χ2n) is 7.33. The Hall–Kier alpha value is -1.30. The van der Waals surface area contributed by atoms with E-state index in [0.29, 0.717) is 31.0 Å². The lowest BCUT2D eigenvalue weighted by atomic mass is 9.79. The Morgan fingerprint density at radius 3 is 2.61 bits per heavy atom. The Kier molecular flexibility index (Phi) is 5.09. The van der Waals surface area contributed by atoms with Gasteiger partial charge in [0, 0.05) is 31.6 Å². The van der Waals surface area contributed by atoms with Gasteiger partial charge >= 0.3 is 6.09 Å². The largest absolute Gasteiger partial charge is 0.447 e. The van der Waals surface area contributed by atoms with E-state index in [0.717, 1.165) is 45.3 Å². The maximum absolute atomic E-state index is 12.8. The first-order valence-corrected chi connectivity index (χ1v) is 9.03. The van der Waals surface area contributed by atoms with Gasteiger partial charge in [-0.25, -0.2) is 4.79 Å². The third-order valence-corrected chi connectivity index (χ3v) is 5.45.